The molecule has 34 heavy (non-hydrogen) atoms. The Bertz CT molecular complexity index is 1620. The number of ether oxygens (including phenoxy) is 1. The van der Waals surface area contributed by atoms with Crippen molar-refractivity contribution in [2.24, 2.45) is 0 Å². The van der Waals surface area contributed by atoms with Gasteiger partial charge >= 0.3 is 0 Å². The van der Waals surface area contributed by atoms with Crippen LogP contribution in [0.4, 0.5) is 14.5 Å². The van der Waals surface area contributed by atoms with E-state index in [1.165, 1.54) is 49.7 Å². The first kappa shape index (κ1) is 21.5. The van der Waals surface area contributed by atoms with Crippen LogP contribution in [0.2, 0.25) is 0 Å². The molecule has 0 radical (unpaired) electrons. The monoisotopic (exact) mass is 482 g/mol. The number of aromatic amines is 2. The zero-order valence-electron chi connectivity index (χ0n) is 17.5. The van der Waals surface area contributed by atoms with Crippen LogP contribution in [-0.4, -0.2) is 40.7 Å². The maximum atomic E-state index is 15.4. The van der Waals surface area contributed by atoms with E-state index in [2.05, 4.69) is 29.9 Å². The maximum absolute atomic E-state index is 15.4. The van der Waals surface area contributed by atoms with Crippen molar-refractivity contribution in [1.29, 1.82) is 0 Å². The fraction of sp³-hybridized carbons (Fsp3) is 0.0455. The van der Waals surface area contributed by atoms with Crippen molar-refractivity contribution >= 4 is 26.6 Å². The number of anilines is 1. The number of imidazole rings is 1. The third-order valence-corrected chi connectivity index (χ3v) is 6.53. The minimum atomic E-state index is -4.24. The van der Waals surface area contributed by atoms with Crippen molar-refractivity contribution in [2.45, 2.75) is 4.90 Å². The molecule has 3 aromatic heterocycles. The van der Waals surface area contributed by atoms with Gasteiger partial charge in [0.1, 0.15) is 16.1 Å². The SMILES string of the molecule is COc1ncccc1S(=O)(=O)Nc1cccc(-c2ccc3c(-c4ncc[nH]4)[nH]nc3c2F)c1F. The number of halogens is 2. The molecule has 9 nitrogen and oxygen atoms in total. The van der Waals surface area contributed by atoms with Gasteiger partial charge in [0.05, 0.1) is 12.8 Å². The Morgan fingerprint density at radius 1 is 0.971 bits per heavy atom. The van der Waals surface area contributed by atoms with Crippen LogP contribution in [-0.2, 0) is 10.0 Å². The van der Waals surface area contributed by atoms with Gasteiger partial charge in [-0.3, -0.25) is 9.82 Å². The van der Waals surface area contributed by atoms with E-state index in [0.29, 0.717) is 16.9 Å². The van der Waals surface area contributed by atoms with Crippen molar-refractivity contribution < 1.29 is 21.9 Å². The third kappa shape index (κ3) is 3.53. The number of nitrogens with one attached hydrogen (secondary N) is 3. The van der Waals surface area contributed by atoms with Crippen LogP contribution in [0.25, 0.3) is 33.5 Å². The van der Waals surface area contributed by atoms with Gasteiger partial charge in [0.25, 0.3) is 10.0 Å². The number of benzene rings is 2. The molecule has 5 aromatic rings. The number of nitrogens with zero attached hydrogens (tertiary/aromatic N) is 3. The van der Waals surface area contributed by atoms with Crippen molar-refractivity contribution in [3.05, 3.63) is 72.7 Å². The van der Waals surface area contributed by atoms with Crippen LogP contribution in [0.1, 0.15) is 0 Å². The van der Waals surface area contributed by atoms with Gasteiger partial charge in [-0.2, -0.15) is 5.10 Å². The maximum Gasteiger partial charge on any atom is 0.267 e. The minimum absolute atomic E-state index is 0.00520. The average Bonchev–Trinajstić information content (AvgIpc) is 3.51. The summed E-state index contributed by atoms with van der Waals surface area (Å²) in [6, 6.07) is 9.68. The van der Waals surface area contributed by atoms with Gasteiger partial charge in [-0.15, -0.1) is 0 Å². The second-order valence-corrected chi connectivity index (χ2v) is 8.79. The number of aromatic nitrogens is 5. The summed E-state index contributed by atoms with van der Waals surface area (Å²) in [6.07, 6.45) is 4.54. The highest BCUT2D eigenvalue weighted by Crippen LogP contribution is 2.35. The molecule has 5 rings (SSSR count). The Hall–Kier alpha value is -4.32. The zero-order chi connectivity index (χ0) is 23.9. The molecule has 3 N–H and O–H groups in total. The molecule has 0 unspecified atom stereocenters. The number of sulfonamides is 1. The quantitative estimate of drug-likeness (QED) is 0.335. The largest absolute Gasteiger partial charge is 0.480 e. The Balaban J connectivity index is 1.56. The highest BCUT2D eigenvalue weighted by molar-refractivity contribution is 7.92. The van der Waals surface area contributed by atoms with Gasteiger partial charge in [-0.25, -0.2) is 27.2 Å². The molecule has 3 heterocycles. The fourth-order valence-electron chi connectivity index (χ4n) is 3.59. The van der Waals surface area contributed by atoms with E-state index in [4.69, 9.17) is 4.74 Å². The number of methoxy groups -OCH3 is 1. The second-order valence-electron chi connectivity index (χ2n) is 7.14. The first-order valence-electron chi connectivity index (χ1n) is 9.87. The molecule has 0 aliphatic rings. The highest BCUT2D eigenvalue weighted by atomic mass is 32.2. The standard InChI is InChI=1S/C22H16F2N6O3S/c1-33-22-16(6-3-9-27-22)34(31,32)30-15-5-2-4-12(17(15)23)13-7-8-14-19(18(13)24)28-29-20(14)21-25-10-11-26-21/h2-11,30H,1H3,(H,25,26)(H,28,29). The van der Waals surface area contributed by atoms with Crippen molar-refractivity contribution in [3.63, 3.8) is 0 Å². The van der Waals surface area contributed by atoms with Gasteiger partial charge in [-0.1, -0.05) is 18.2 Å². The van der Waals surface area contributed by atoms with Crippen LogP contribution in [0.5, 0.6) is 5.88 Å². The first-order chi connectivity index (χ1) is 16.4. The molecule has 12 heteroatoms. The highest BCUT2D eigenvalue weighted by Gasteiger charge is 2.24. The molecule has 0 spiro atoms. The number of H-pyrrole nitrogens is 2. The van der Waals surface area contributed by atoms with Gasteiger partial charge in [0.2, 0.25) is 5.88 Å². The zero-order valence-corrected chi connectivity index (χ0v) is 18.3. The van der Waals surface area contributed by atoms with E-state index in [-0.39, 0.29) is 33.1 Å². The summed E-state index contributed by atoms with van der Waals surface area (Å²) < 4.78 is 63.7. The summed E-state index contributed by atoms with van der Waals surface area (Å²) in [7, 11) is -2.97. The number of hydrogen-bond acceptors (Lipinski definition) is 6. The molecule has 0 amide bonds. The van der Waals surface area contributed by atoms with E-state index in [1.54, 1.807) is 18.5 Å². The normalized spacial score (nSPS) is 11.6. The lowest BCUT2D eigenvalue weighted by Crippen LogP contribution is -2.15. The predicted molar refractivity (Wildman–Crippen MR) is 121 cm³/mol. The average molecular weight is 482 g/mol. The lowest BCUT2D eigenvalue weighted by molar-refractivity contribution is 0.385. The molecule has 0 aliphatic heterocycles. The lowest BCUT2D eigenvalue weighted by Gasteiger charge is -2.13. The smallest absolute Gasteiger partial charge is 0.267 e. The van der Waals surface area contributed by atoms with Gasteiger partial charge in [0, 0.05) is 35.1 Å². The fourth-order valence-corrected chi connectivity index (χ4v) is 4.77. The first-order valence-corrected chi connectivity index (χ1v) is 11.4. The topological polar surface area (TPSA) is 126 Å². The van der Waals surface area contributed by atoms with E-state index in [0.717, 1.165) is 0 Å². The van der Waals surface area contributed by atoms with Gasteiger partial charge in [-0.05, 0) is 24.3 Å². The molecule has 0 aliphatic carbocycles. The minimum Gasteiger partial charge on any atom is -0.480 e. The molecule has 2 aromatic carbocycles. The summed E-state index contributed by atoms with van der Waals surface area (Å²) in [6.45, 7) is 0. The second kappa shape index (κ2) is 8.23. The summed E-state index contributed by atoms with van der Waals surface area (Å²) >= 11 is 0. The van der Waals surface area contributed by atoms with Crippen LogP contribution < -0.4 is 9.46 Å². The van der Waals surface area contributed by atoms with E-state index in [1.807, 2.05) is 0 Å². The van der Waals surface area contributed by atoms with E-state index in [9.17, 15) is 8.42 Å². The predicted octanol–water partition coefficient (Wildman–Crippen LogP) is 4.10. The van der Waals surface area contributed by atoms with Crippen LogP contribution >= 0.6 is 0 Å². The summed E-state index contributed by atoms with van der Waals surface area (Å²) in [5.74, 6) is -1.38. The van der Waals surface area contributed by atoms with E-state index < -0.39 is 21.7 Å². The van der Waals surface area contributed by atoms with Crippen molar-refractivity contribution in [3.8, 4) is 28.5 Å². The molecule has 172 valence electrons. The molecule has 0 saturated carbocycles. The summed E-state index contributed by atoms with van der Waals surface area (Å²) in [4.78, 5) is 10.6. The van der Waals surface area contributed by atoms with E-state index >= 15 is 8.78 Å². The van der Waals surface area contributed by atoms with Crippen molar-refractivity contribution in [1.82, 2.24) is 25.1 Å². The van der Waals surface area contributed by atoms with Crippen molar-refractivity contribution in [2.75, 3.05) is 11.8 Å². The Kier molecular flexibility index (Phi) is 5.21. The summed E-state index contributed by atoms with van der Waals surface area (Å²) in [5, 5.41) is 7.21. The number of hydrogen-bond donors (Lipinski definition) is 3. The van der Waals surface area contributed by atoms with Gasteiger partial charge in [0.15, 0.2) is 17.5 Å². The molecule has 0 bridgehead atoms. The lowest BCUT2D eigenvalue weighted by atomic mass is 10.0. The Morgan fingerprint density at radius 3 is 2.56 bits per heavy atom. The number of pyridine rings is 1. The number of fused-ring (bicyclic) bond motifs is 1. The molecular weight excluding hydrogens is 466 g/mol. The molecule has 0 saturated heterocycles. The molecular formula is C22H16F2N6O3S. The van der Waals surface area contributed by atoms with Crippen LogP contribution in [0.3, 0.4) is 0 Å². The summed E-state index contributed by atoms with van der Waals surface area (Å²) in [5.41, 5.74) is -0.101. The molecule has 0 fully saturated rings. The Labute approximate surface area is 191 Å². The molecule has 0 atom stereocenters. The Morgan fingerprint density at radius 2 is 1.79 bits per heavy atom. The third-order valence-electron chi connectivity index (χ3n) is 5.15. The van der Waals surface area contributed by atoms with Crippen LogP contribution in [0.15, 0.2) is 66.0 Å². The van der Waals surface area contributed by atoms with Gasteiger partial charge < -0.3 is 9.72 Å². The van der Waals surface area contributed by atoms with Crippen LogP contribution in [0, 0.1) is 11.6 Å². The number of rotatable bonds is 6.